The van der Waals surface area contributed by atoms with Gasteiger partial charge >= 0.3 is 0 Å². The molecule has 1 aromatic carbocycles. The second-order valence-electron chi connectivity index (χ2n) is 7.01. The summed E-state index contributed by atoms with van der Waals surface area (Å²) in [6, 6.07) is 2.94. The van der Waals surface area contributed by atoms with Crippen molar-refractivity contribution in [3.8, 4) is 11.5 Å². The lowest BCUT2D eigenvalue weighted by Crippen LogP contribution is -2.23. The number of aryl methyl sites for hydroxylation is 1. The molecule has 5 nitrogen and oxygen atoms in total. The van der Waals surface area contributed by atoms with Crippen molar-refractivity contribution in [2.45, 2.75) is 65.7 Å². The van der Waals surface area contributed by atoms with E-state index >= 15 is 0 Å². The molecule has 27 heavy (non-hydrogen) atoms. The molecule has 0 atom stereocenters. The van der Waals surface area contributed by atoms with Gasteiger partial charge in [0.15, 0.2) is 11.5 Å². The van der Waals surface area contributed by atoms with Crippen molar-refractivity contribution in [3.63, 3.8) is 0 Å². The number of nitrogens with zero attached hydrogens (tertiary/aromatic N) is 2. The number of nitrogen functional groups attached to an aromatic ring is 1. The van der Waals surface area contributed by atoms with Gasteiger partial charge in [0.25, 0.3) is 0 Å². The Kier molecular flexibility index (Phi) is 8.17. The summed E-state index contributed by atoms with van der Waals surface area (Å²) in [6.45, 7) is 10.2. The summed E-state index contributed by atoms with van der Waals surface area (Å²) < 4.78 is 0. The average molecular weight is 374 g/mol. The van der Waals surface area contributed by atoms with Crippen LogP contribution in [0.15, 0.2) is 12.1 Å². The van der Waals surface area contributed by atoms with E-state index in [2.05, 4.69) is 16.8 Å². The molecular formula is C22H35N3O2. The van der Waals surface area contributed by atoms with Crippen LogP contribution in [-0.4, -0.2) is 39.7 Å². The van der Waals surface area contributed by atoms with E-state index in [-0.39, 0.29) is 11.5 Å². The zero-order valence-corrected chi connectivity index (χ0v) is 17.1. The Hall–Kier alpha value is -2.01. The van der Waals surface area contributed by atoms with Crippen molar-refractivity contribution in [2.75, 3.05) is 25.4 Å². The first-order chi connectivity index (χ1) is 13.1. The van der Waals surface area contributed by atoms with Gasteiger partial charge in [-0.2, -0.15) is 0 Å². The predicted octanol–water partition coefficient (Wildman–Crippen LogP) is 4.63. The summed E-state index contributed by atoms with van der Waals surface area (Å²) in [5, 5.41) is 19.6. The highest BCUT2D eigenvalue weighted by atomic mass is 16.3. The van der Waals surface area contributed by atoms with Crippen molar-refractivity contribution in [2.24, 2.45) is 0 Å². The standard InChI is InChI=1S/C12H12N2O2.C8H17N.C2H6/c13-12-6-2-1-3-8(6)14-9-5-11(16)10(15)4-7(9)12;1-2-9-7-5-3-4-6-8-9;1-2/h4-5,15-16H,1-3H2,(H2,13,14);2-8H2,1H3;1-2H3. The molecule has 5 heteroatoms. The third-order valence-corrected chi connectivity index (χ3v) is 5.30. The molecule has 2 aromatic rings. The summed E-state index contributed by atoms with van der Waals surface area (Å²) >= 11 is 0. The maximum Gasteiger partial charge on any atom is 0.159 e. The van der Waals surface area contributed by atoms with Crippen molar-refractivity contribution in [3.05, 3.63) is 23.4 Å². The number of benzene rings is 1. The summed E-state index contributed by atoms with van der Waals surface area (Å²) in [5.41, 5.74) is 9.51. The molecule has 4 rings (SSSR count). The van der Waals surface area contributed by atoms with Gasteiger partial charge in [0.05, 0.1) is 5.52 Å². The van der Waals surface area contributed by atoms with Gasteiger partial charge in [-0.05, 0) is 63.4 Å². The van der Waals surface area contributed by atoms with Crippen LogP contribution in [0.2, 0.25) is 0 Å². The zero-order chi connectivity index (χ0) is 19.8. The molecule has 1 saturated heterocycles. The van der Waals surface area contributed by atoms with Gasteiger partial charge in [0, 0.05) is 22.8 Å². The van der Waals surface area contributed by atoms with Crippen LogP contribution in [0.5, 0.6) is 11.5 Å². The number of pyridine rings is 1. The lowest BCUT2D eigenvalue weighted by atomic mass is 10.1. The third-order valence-electron chi connectivity index (χ3n) is 5.30. The largest absolute Gasteiger partial charge is 0.504 e. The van der Waals surface area contributed by atoms with E-state index in [0.29, 0.717) is 11.2 Å². The van der Waals surface area contributed by atoms with Crippen molar-refractivity contribution in [1.29, 1.82) is 0 Å². The average Bonchev–Trinajstić information content (AvgIpc) is 2.99. The normalized spacial score (nSPS) is 16.6. The first-order valence-electron chi connectivity index (χ1n) is 10.5. The molecule has 2 heterocycles. The number of phenolic OH excluding ortho intramolecular Hbond substituents is 2. The number of nitrogens with two attached hydrogens (primary N) is 1. The number of hydrogen-bond acceptors (Lipinski definition) is 5. The number of hydrogen-bond donors (Lipinski definition) is 3. The summed E-state index contributed by atoms with van der Waals surface area (Å²) in [4.78, 5) is 7.02. The fourth-order valence-electron chi connectivity index (χ4n) is 3.78. The molecule has 0 radical (unpaired) electrons. The van der Waals surface area contributed by atoms with Gasteiger partial charge < -0.3 is 20.8 Å². The van der Waals surface area contributed by atoms with Crippen LogP contribution in [0.3, 0.4) is 0 Å². The van der Waals surface area contributed by atoms with Crippen LogP contribution >= 0.6 is 0 Å². The molecule has 150 valence electrons. The lowest BCUT2D eigenvalue weighted by molar-refractivity contribution is 0.301. The SMILES string of the molecule is CC.CCN1CCCCCC1.Nc1c2c(nc3cc(O)c(O)cc13)CCC2. The molecule has 0 spiro atoms. The first-order valence-corrected chi connectivity index (χ1v) is 10.5. The fraction of sp³-hybridized carbons (Fsp3) is 0.591. The maximum atomic E-state index is 9.46. The number of aromatic nitrogens is 1. The van der Waals surface area contributed by atoms with E-state index in [1.54, 1.807) is 0 Å². The van der Waals surface area contributed by atoms with Gasteiger partial charge in [0.2, 0.25) is 0 Å². The van der Waals surface area contributed by atoms with Gasteiger partial charge in [0.1, 0.15) is 0 Å². The molecule has 2 aliphatic rings. The second kappa shape index (κ2) is 10.4. The molecule has 0 saturated carbocycles. The van der Waals surface area contributed by atoms with Crippen molar-refractivity contribution >= 4 is 16.6 Å². The minimum Gasteiger partial charge on any atom is -0.504 e. The van der Waals surface area contributed by atoms with Gasteiger partial charge in [-0.25, -0.2) is 0 Å². The number of likely N-dealkylation sites (tertiary alicyclic amines) is 1. The van der Waals surface area contributed by atoms with Crippen LogP contribution in [0.1, 0.15) is 64.1 Å². The summed E-state index contributed by atoms with van der Waals surface area (Å²) in [6.07, 6.45) is 8.72. The highest BCUT2D eigenvalue weighted by Crippen LogP contribution is 2.36. The zero-order valence-electron chi connectivity index (χ0n) is 17.1. The van der Waals surface area contributed by atoms with E-state index in [1.807, 2.05) is 13.8 Å². The molecule has 0 amide bonds. The van der Waals surface area contributed by atoms with Crippen LogP contribution in [-0.2, 0) is 12.8 Å². The predicted molar refractivity (Wildman–Crippen MR) is 113 cm³/mol. The Labute approximate surface area is 163 Å². The molecule has 0 unspecified atom stereocenters. The van der Waals surface area contributed by atoms with E-state index in [9.17, 15) is 10.2 Å². The Balaban J connectivity index is 0.000000203. The molecule has 1 aliphatic heterocycles. The molecule has 1 aromatic heterocycles. The minimum atomic E-state index is -0.155. The van der Waals surface area contributed by atoms with Crippen molar-refractivity contribution < 1.29 is 10.2 Å². The molecule has 1 aliphatic carbocycles. The Morgan fingerprint density at radius 1 is 0.963 bits per heavy atom. The van der Waals surface area contributed by atoms with Gasteiger partial charge in [-0.3, -0.25) is 4.98 Å². The van der Waals surface area contributed by atoms with Crippen molar-refractivity contribution in [1.82, 2.24) is 9.88 Å². The third kappa shape index (κ3) is 5.25. The quantitative estimate of drug-likeness (QED) is 0.635. The van der Waals surface area contributed by atoms with E-state index in [4.69, 9.17) is 5.73 Å². The summed E-state index contributed by atoms with van der Waals surface area (Å²) in [5.74, 6) is -0.309. The number of phenols is 2. The van der Waals surface area contributed by atoms with E-state index in [0.717, 1.165) is 35.9 Å². The van der Waals surface area contributed by atoms with Crippen LogP contribution in [0, 0.1) is 0 Å². The monoisotopic (exact) mass is 373 g/mol. The van der Waals surface area contributed by atoms with Crippen LogP contribution < -0.4 is 5.73 Å². The number of aromatic hydroxyl groups is 2. The van der Waals surface area contributed by atoms with Crippen LogP contribution in [0.4, 0.5) is 5.69 Å². The second-order valence-corrected chi connectivity index (χ2v) is 7.01. The number of fused-ring (bicyclic) bond motifs is 2. The number of rotatable bonds is 1. The van der Waals surface area contributed by atoms with E-state index in [1.165, 1.54) is 57.5 Å². The smallest absolute Gasteiger partial charge is 0.159 e. The summed E-state index contributed by atoms with van der Waals surface area (Å²) in [7, 11) is 0. The Bertz CT molecular complexity index is 738. The highest BCUT2D eigenvalue weighted by Gasteiger charge is 2.18. The molecular weight excluding hydrogens is 338 g/mol. The van der Waals surface area contributed by atoms with Crippen LogP contribution in [0.25, 0.3) is 10.9 Å². The first kappa shape index (κ1) is 21.3. The minimum absolute atomic E-state index is 0.154. The fourth-order valence-corrected chi connectivity index (χ4v) is 3.78. The Morgan fingerprint density at radius 2 is 1.59 bits per heavy atom. The molecule has 1 fully saturated rings. The Morgan fingerprint density at radius 3 is 2.22 bits per heavy atom. The lowest BCUT2D eigenvalue weighted by Gasteiger charge is -2.15. The molecule has 0 bridgehead atoms. The van der Waals surface area contributed by atoms with E-state index < -0.39 is 0 Å². The topological polar surface area (TPSA) is 82.6 Å². The number of anilines is 1. The van der Waals surface area contributed by atoms with Gasteiger partial charge in [-0.15, -0.1) is 0 Å². The maximum absolute atomic E-state index is 9.46. The molecule has 4 N–H and O–H groups in total. The van der Waals surface area contributed by atoms with Gasteiger partial charge in [-0.1, -0.05) is 33.6 Å². The highest BCUT2D eigenvalue weighted by molar-refractivity contribution is 5.94.